The first kappa shape index (κ1) is 26.5. The van der Waals surface area contributed by atoms with Crippen LogP contribution in [0.25, 0.3) is 0 Å². The first-order chi connectivity index (χ1) is 19.3. The van der Waals surface area contributed by atoms with Gasteiger partial charge in [0.1, 0.15) is 11.5 Å². The van der Waals surface area contributed by atoms with E-state index in [1.807, 2.05) is 61.2 Å². The second-order valence-corrected chi connectivity index (χ2v) is 11.8. The molecule has 3 fully saturated rings. The summed E-state index contributed by atoms with van der Waals surface area (Å²) in [7, 11) is 0. The molecule has 4 atom stereocenters. The Hall–Kier alpha value is -3.76. The summed E-state index contributed by atoms with van der Waals surface area (Å²) in [4.78, 5) is 43.2. The molecule has 4 aliphatic heterocycles. The lowest BCUT2D eigenvalue weighted by molar-refractivity contribution is -0.125. The maximum Gasteiger partial charge on any atom is 0.326 e. The molecule has 2 aromatic rings. The number of nitrogens with zero attached hydrogens (tertiary/aromatic N) is 2. The van der Waals surface area contributed by atoms with Crippen molar-refractivity contribution < 1.29 is 19.1 Å². The number of likely N-dealkylation sites (tertiary alicyclic amines) is 1. The van der Waals surface area contributed by atoms with E-state index < -0.39 is 0 Å². The van der Waals surface area contributed by atoms with E-state index in [1.54, 1.807) is 4.90 Å². The third kappa shape index (κ3) is 4.75. The van der Waals surface area contributed by atoms with Gasteiger partial charge in [-0.15, -0.1) is 0 Å². The number of anilines is 1. The maximum atomic E-state index is 13.7. The van der Waals surface area contributed by atoms with E-state index in [2.05, 4.69) is 22.5 Å². The molecule has 208 valence electrons. The minimum Gasteiger partial charge on any atom is -0.457 e. The zero-order valence-corrected chi connectivity index (χ0v) is 23.4. The molecule has 40 heavy (non-hydrogen) atoms. The number of hydrogen-bond donors (Lipinski definition) is 3. The lowest BCUT2D eigenvalue weighted by Crippen LogP contribution is -2.62. The van der Waals surface area contributed by atoms with Crippen LogP contribution < -0.4 is 25.6 Å². The van der Waals surface area contributed by atoms with E-state index in [0.717, 1.165) is 41.3 Å². The van der Waals surface area contributed by atoms with Crippen LogP contribution in [-0.4, -0.2) is 59.8 Å². The molecule has 3 unspecified atom stereocenters. The summed E-state index contributed by atoms with van der Waals surface area (Å²) in [5.74, 6) is 1.11. The largest absolute Gasteiger partial charge is 0.457 e. The number of urea groups is 1. The van der Waals surface area contributed by atoms with E-state index in [4.69, 9.17) is 4.74 Å². The van der Waals surface area contributed by atoms with E-state index in [-0.39, 0.29) is 41.2 Å². The molecule has 4 aliphatic rings. The number of nitrogens with one attached hydrogen (secondary N) is 3. The monoisotopic (exact) mass is 559 g/mol. The van der Waals surface area contributed by atoms with Crippen molar-refractivity contribution in [1.29, 1.82) is 0 Å². The molecule has 4 heterocycles. The molecule has 3 saturated heterocycles. The molecule has 0 saturated carbocycles. The van der Waals surface area contributed by atoms with E-state index in [0.29, 0.717) is 30.1 Å². The quantitative estimate of drug-likeness (QED) is 0.466. The van der Waals surface area contributed by atoms with Crippen LogP contribution in [0.4, 0.5) is 10.5 Å². The van der Waals surface area contributed by atoms with Crippen molar-refractivity contribution in [2.24, 2.45) is 5.92 Å². The molecule has 6 rings (SSSR count). The first-order valence-corrected chi connectivity index (χ1v) is 14.5. The first-order valence-electron chi connectivity index (χ1n) is 13.6. The van der Waals surface area contributed by atoms with Gasteiger partial charge in [0.2, 0.25) is 5.91 Å². The Labute approximate surface area is 238 Å². The highest BCUT2D eigenvalue weighted by Crippen LogP contribution is 2.49. The van der Waals surface area contributed by atoms with Gasteiger partial charge in [0.05, 0.1) is 22.0 Å². The second-order valence-electron chi connectivity index (χ2n) is 10.7. The highest BCUT2D eigenvalue weighted by atomic mass is 32.2. The Bertz CT molecular complexity index is 1390. The molecule has 0 aliphatic carbocycles. The average Bonchev–Trinajstić information content (AvgIpc) is 3.55. The fourth-order valence-corrected chi connectivity index (χ4v) is 7.72. The number of carbonyl (C=O) groups is 3. The van der Waals surface area contributed by atoms with E-state index in [1.165, 1.54) is 17.8 Å². The molecule has 0 bridgehead atoms. The van der Waals surface area contributed by atoms with Gasteiger partial charge in [0.15, 0.2) is 0 Å². The zero-order chi connectivity index (χ0) is 28.0. The Morgan fingerprint density at radius 2 is 1.88 bits per heavy atom. The molecule has 0 spiro atoms. The summed E-state index contributed by atoms with van der Waals surface area (Å²) in [6.45, 7) is 9.35. The smallest absolute Gasteiger partial charge is 0.326 e. The van der Waals surface area contributed by atoms with Crippen molar-refractivity contribution in [3.05, 3.63) is 76.8 Å². The number of piperidine rings is 1. The van der Waals surface area contributed by atoms with Gasteiger partial charge in [-0.05, 0) is 74.7 Å². The average molecular weight is 560 g/mol. The molecule has 10 heteroatoms. The maximum absolute atomic E-state index is 13.7. The predicted molar refractivity (Wildman–Crippen MR) is 155 cm³/mol. The minimum absolute atomic E-state index is 0.0127. The van der Waals surface area contributed by atoms with Crippen LogP contribution in [0.1, 0.15) is 24.0 Å². The molecule has 0 radical (unpaired) electrons. The number of rotatable bonds is 6. The number of aryl methyl sites for hydroxylation is 2. The van der Waals surface area contributed by atoms with Crippen LogP contribution in [0.2, 0.25) is 0 Å². The van der Waals surface area contributed by atoms with Crippen LogP contribution in [0.3, 0.4) is 0 Å². The van der Waals surface area contributed by atoms with Gasteiger partial charge in [-0.1, -0.05) is 36.5 Å². The number of para-hydroxylation sites is 1. The van der Waals surface area contributed by atoms with Gasteiger partial charge < -0.3 is 25.6 Å². The van der Waals surface area contributed by atoms with E-state index >= 15 is 0 Å². The van der Waals surface area contributed by atoms with Crippen molar-refractivity contribution in [1.82, 2.24) is 20.9 Å². The fraction of sp³-hybridized carbons (Fsp3) is 0.367. The van der Waals surface area contributed by atoms with Crippen molar-refractivity contribution in [3.63, 3.8) is 0 Å². The Morgan fingerprint density at radius 1 is 1.12 bits per heavy atom. The number of ether oxygens (including phenoxy) is 1. The topological polar surface area (TPSA) is 103 Å². The van der Waals surface area contributed by atoms with Gasteiger partial charge in [-0.25, -0.2) is 4.79 Å². The van der Waals surface area contributed by atoms with Gasteiger partial charge in [-0.2, -0.15) is 0 Å². The summed E-state index contributed by atoms with van der Waals surface area (Å²) in [6.07, 6.45) is 2.76. The Morgan fingerprint density at radius 3 is 2.60 bits per heavy atom. The lowest BCUT2D eigenvalue weighted by Gasteiger charge is -2.46. The highest BCUT2D eigenvalue weighted by Gasteiger charge is 2.52. The SMILES string of the molecule is C=CC(=O)N1CC[C@@H](NC(=O)C2=C3NC(=O)N(c4c(C)cc(Oc5ccccc5)cc4C)C4CCNC(S2)C34)C1. The summed E-state index contributed by atoms with van der Waals surface area (Å²) >= 11 is 1.48. The Kier molecular flexibility index (Phi) is 7.06. The lowest BCUT2D eigenvalue weighted by atomic mass is 9.85. The molecule has 2 aromatic carbocycles. The number of thioether (sulfide) groups is 1. The van der Waals surface area contributed by atoms with Crippen LogP contribution in [-0.2, 0) is 9.59 Å². The fourth-order valence-electron chi connectivity index (χ4n) is 6.32. The molecular weight excluding hydrogens is 526 g/mol. The van der Waals surface area contributed by atoms with Crippen molar-refractivity contribution >= 4 is 35.3 Å². The molecule has 9 nitrogen and oxygen atoms in total. The highest BCUT2D eigenvalue weighted by molar-refractivity contribution is 8.04. The summed E-state index contributed by atoms with van der Waals surface area (Å²) in [6, 6.07) is 13.1. The third-order valence-electron chi connectivity index (χ3n) is 8.04. The predicted octanol–water partition coefficient (Wildman–Crippen LogP) is 3.79. The van der Waals surface area contributed by atoms with Gasteiger partial charge in [0.25, 0.3) is 5.91 Å². The number of hydrogen-bond acceptors (Lipinski definition) is 6. The molecular formula is C30H33N5O4S. The van der Waals surface area contributed by atoms with Gasteiger partial charge in [0, 0.05) is 30.7 Å². The third-order valence-corrected chi connectivity index (χ3v) is 9.40. The minimum atomic E-state index is -0.226. The number of amides is 4. The summed E-state index contributed by atoms with van der Waals surface area (Å²) in [5, 5.41) is 9.72. The molecule has 0 aromatic heterocycles. The number of carbonyl (C=O) groups excluding carboxylic acids is 3. The van der Waals surface area contributed by atoms with Crippen LogP contribution in [0.15, 0.2) is 65.7 Å². The number of benzene rings is 2. The van der Waals surface area contributed by atoms with Gasteiger partial charge >= 0.3 is 6.03 Å². The zero-order valence-electron chi connectivity index (χ0n) is 22.6. The van der Waals surface area contributed by atoms with Crippen LogP contribution >= 0.6 is 11.8 Å². The van der Waals surface area contributed by atoms with Crippen molar-refractivity contribution in [2.45, 2.75) is 44.1 Å². The second kappa shape index (κ2) is 10.7. The van der Waals surface area contributed by atoms with E-state index in [9.17, 15) is 14.4 Å². The molecule has 3 N–H and O–H groups in total. The summed E-state index contributed by atoms with van der Waals surface area (Å²) in [5.41, 5.74) is 3.48. The Balaban J connectivity index is 1.24. The van der Waals surface area contributed by atoms with Crippen molar-refractivity contribution in [3.8, 4) is 11.5 Å². The molecule has 4 amide bonds. The normalized spacial score (nSPS) is 25.4. The van der Waals surface area contributed by atoms with Crippen LogP contribution in [0, 0.1) is 19.8 Å². The standard InChI is InChI=1S/C30H33N5O4S/c1-4-23(36)34-13-11-19(16-34)32-28(37)27-25-24-22(10-12-31-29(24)40-27)35(30(38)33-25)26-17(2)14-21(15-18(26)3)39-20-8-6-5-7-9-20/h4-9,14-15,19,22,24,29,31H,1,10-13,16H2,2-3H3,(H,32,37)(H,33,38)/t19-,22?,24?,29?/m1/s1. The van der Waals surface area contributed by atoms with Crippen molar-refractivity contribution in [2.75, 3.05) is 24.5 Å². The van der Waals surface area contributed by atoms with Gasteiger partial charge in [-0.3, -0.25) is 14.5 Å². The van der Waals surface area contributed by atoms with Crippen LogP contribution in [0.5, 0.6) is 11.5 Å². The summed E-state index contributed by atoms with van der Waals surface area (Å²) < 4.78 is 6.07.